The second-order valence-electron chi connectivity index (χ2n) is 23.3. The van der Waals surface area contributed by atoms with Gasteiger partial charge in [-0.3, -0.25) is 29.5 Å². The van der Waals surface area contributed by atoms with Gasteiger partial charge in [-0.15, -0.1) is 0 Å². The number of aliphatic hydroxyl groups excluding tert-OH is 1. The fraction of sp³-hybridized carbons (Fsp3) is 0.541. The number of nitrogens with zero attached hydrogens (tertiary/aromatic N) is 2. The smallest absolute Gasteiger partial charge is 0.409 e. The molecule has 3 aliphatic heterocycles. The number of ether oxygens (including phenoxy) is 6. The first-order valence-corrected chi connectivity index (χ1v) is 30.3. The van der Waals surface area contributed by atoms with Crippen LogP contribution in [0.4, 0.5) is 26.7 Å². The first-order chi connectivity index (χ1) is 41.0. The van der Waals surface area contributed by atoms with Crippen molar-refractivity contribution in [1.82, 2.24) is 26.3 Å². The Morgan fingerprint density at radius 3 is 2.47 bits per heavy atom. The molecule has 10 N–H and O–H groups in total. The van der Waals surface area contributed by atoms with Crippen LogP contribution in [-0.4, -0.2) is 150 Å². The Morgan fingerprint density at radius 2 is 1.79 bits per heavy atom. The van der Waals surface area contributed by atoms with Gasteiger partial charge in [0.1, 0.15) is 52.4 Å². The quantitative estimate of drug-likeness (QED) is 0.0110. The number of nitrogens with two attached hydrogens (primary N) is 1. The molecule has 2 saturated heterocycles. The van der Waals surface area contributed by atoms with Crippen molar-refractivity contribution in [2.45, 2.75) is 166 Å². The number of anilines is 3. The summed E-state index contributed by atoms with van der Waals surface area (Å²) in [6, 6.07) is 6.98. The number of nitrogens with one attached hydrogen (secondary N) is 6. The number of hydrogen-bond donors (Lipinski definition) is 9. The molecule has 0 aliphatic carbocycles. The highest BCUT2D eigenvalue weighted by Gasteiger charge is 2.64. The highest BCUT2D eigenvalue weighted by molar-refractivity contribution is 9.09. The second-order valence-corrected chi connectivity index (χ2v) is 24.3. The van der Waals surface area contributed by atoms with Crippen LogP contribution in [0.25, 0.3) is 10.9 Å². The third kappa shape index (κ3) is 18.4. The molecule has 1 unspecified atom stereocenters. The van der Waals surface area contributed by atoms with Crippen LogP contribution in [0, 0.1) is 11.8 Å². The number of esters is 1. The Bertz CT molecular complexity index is 3090. The molecule has 7 amide bonds. The predicted octanol–water partition coefficient (Wildman–Crippen LogP) is 6.92. The van der Waals surface area contributed by atoms with Crippen LogP contribution < -0.4 is 47.3 Å². The number of unbranched alkanes of at least 4 members (excludes halogenated alkanes) is 1. The Morgan fingerprint density at radius 1 is 1.07 bits per heavy atom. The van der Waals surface area contributed by atoms with Gasteiger partial charge >= 0.3 is 18.1 Å². The number of carbonyl (C=O) groups is 7. The summed E-state index contributed by atoms with van der Waals surface area (Å²) in [7, 11) is 4.44. The van der Waals surface area contributed by atoms with Crippen LogP contribution in [0.3, 0.4) is 0 Å². The fourth-order valence-corrected chi connectivity index (χ4v) is 11.2. The summed E-state index contributed by atoms with van der Waals surface area (Å²) >= 11 is 10.1. The number of aliphatic hydroxyl groups is 2. The van der Waals surface area contributed by atoms with Gasteiger partial charge in [-0.25, -0.2) is 14.4 Å². The van der Waals surface area contributed by atoms with Crippen LogP contribution >= 0.6 is 27.5 Å². The number of allylic oxidation sites excluding steroid dienone is 3. The van der Waals surface area contributed by atoms with Crippen molar-refractivity contribution in [2.24, 2.45) is 17.6 Å². The van der Waals surface area contributed by atoms with E-state index in [0.717, 1.165) is 11.1 Å². The van der Waals surface area contributed by atoms with Crippen molar-refractivity contribution in [2.75, 3.05) is 48.7 Å². The van der Waals surface area contributed by atoms with Gasteiger partial charge < -0.3 is 75.9 Å². The molecule has 4 bridgehead atoms. The molecule has 3 aromatic rings. The van der Waals surface area contributed by atoms with Gasteiger partial charge in [0, 0.05) is 61.9 Å². The molecular formula is C61H83BrClN9O15. The molecule has 6 rings (SSSR count). The van der Waals surface area contributed by atoms with E-state index < -0.39 is 107 Å². The van der Waals surface area contributed by atoms with Crippen LogP contribution in [0.15, 0.2) is 78.5 Å². The zero-order valence-corrected chi connectivity index (χ0v) is 53.2. The van der Waals surface area contributed by atoms with Gasteiger partial charge in [-0.2, -0.15) is 0 Å². The molecule has 26 heteroatoms. The largest absolute Gasteiger partial charge is 0.495 e. The fourth-order valence-electron chi connectivity index (χ4n) is 10.7. The molecule has 0 saturated carbocycles. The number of methoxy groups -OCH3 is 2. The number of carbonyl (C=O) groups excluding carboxylic acids is 7. The lowest BCUT2D eigenvalue weighted by atomic mass is 9.83. The molecule has 24 nitrogen and oxygen atoms in total. The summed E-state index contributed by atoms with van der Waals surface area (Å²) in [6.07, 6.45) is 1.85. The van der Waals surface area contributed by atoms with Crippen molar-refractivity contribution in [3.8, 4) is 5.75 Å². The molecule has 3 aliphatic rings. The average Bonchev–Trinajstić information content (AvgIpc) is 1.61. The van der Waals surface area contributed by atoms with Gasteiger partial charge in [0.05, 0.1) is 42.2 Å². The lowest BCUT2D eigenvalue weighted by molar-refractivity contribution is -0.152. The molecule has 476 valence electrons. The number of alkyl halides is 1. The zero-order chi connectivity index (χ0) is 64.1. The minimum absolute atomic E-state index is 0.0447. The van der Waals surface area contributed by atoms with Crippen LogP contribution in [0.1, 0.15) is 105 Å². The first kappa shape index (κ1) is 69.2. The number of hydrogen-bond acceptors (Lipinski definition) is 17. The number of urea groups is 1. The number of fused-ring (bicyclic) bond motifs is 6. The van der Waals surface area contributed by atoms with E-state index in [9.17, 15) is 43.8 Å². The summed E-state index contributed by atoms with van der Waals surface area (Å²) < 4.78 is 35.5. The highest BCUT2D eigenvalue weighted by atomic mass is 79.9. The SMILES string of the molecule is C=C(CBr)C(=O)OC(C)(C)CCCCC(=O)N[C@H](C(=O)N[C@@H](CCCNC(N)=O)C(=O)Nc1ccc(NC(O)O[C@H]2CC(=O)N(C)c3cc(cc(OC)c3Cl)C/C(C)=C/C=C/[C@@H](OC)[C@@]3(O)C[C@H](OC(=O)N3)[C@@H](C)[C@@H]3O[C@@]23C)c2ncccc12)C(C)C. The van der Waals surface area contributed by atoms with Gasteiger partial charge in [0.15, 0.2) is 5.72 Å². The lowest BCUT2D eigenvalue weighted by Crippen LogP contribution is -2.63. The summed E-state index contributed by atoms with van der Waals surface area (Å²) in [5.41, 5.74) is 4.36. The van der Waals surface area contributed by atoms with Crippen LogP contribution in [0.5, 0.6) is 5.75 Å². The molecule has 87 heavy (non-hydrogen) atoms. The second kappa shape index (κ2) is 30.4. The van der Waals surface area contributed by atoms with E-state index >= 15 is 0 Å². The number of benzene rings is 2. The van der Waals surface area contributed by atoms with Crippen LogP contribution in [0.2, 0.25) is 5.02 Å². The number of rotatable bonds is 24. The number of pyridine rings is 1. The number of primary amides is 1. The standard InChI is InChI=1S/C61H83BrClN9O15/c1-33(2)50(70-47(73)21-12-13-24-59(6,7)87-55(77)35(4)32-62)54(76)68-41(19-16-26-66-56(64)78)53(75)67-39-22-23-40(51-38(39)18-15-25-65-51)69-57(79)85-46-30-48(74)72(9)42-28-37(29-43(82-10)49(42)63)27-34(3)17-14-20-45(83-11)61(81)31-44(84-58(80)71-61)36(5)52-60(46,8)86-52/h14-15,17-18,20,22-23,25,28-29,33,36,41,44-46,50,52,57,69,79,81H,4,12-13,16,19,21,24,26-27,30-32H2,1-3,5-11H3,(H,67,75)(H,68,76)(H,70,73)(H,71,80)(H3,64,66,78)/b20-14+,34-17+/t36-,41+,44+,45-,46+,50+,52+,57?,60+,61+/m1/s1. The maximum Gasteiger partial charge on any atom is 0.409 e. The monoisotopic (exact) mass is 1300 g/mol. The normalized spacial score (nSPS) is 24.3. The number of halogens is 2. The van der Waals surface area contributed by atoms with Crippen molar-refractivity contribution in [3.63, 3.8) is 0 Å². The number of epoxide rings is 1. The molecule has 1 aromatic heterocycles. The third-order valence-corrected chi connectivity index (χ3v) is 16.7. The van der Waals surface area contributed by atoms with Crippen LogP contribution in [-0.2, 0) is 54.1 Å². The maximum atomic E-state index is 14.6. The number of aromatic nitrogens is 1. The Labute approximate surface area is 520 Å². The molecule has 0 spiro atoms. The molecular weight excluding hydrogens is 1210 g/mol. The molecule has 2 aromatic carbocycles. The van der Waals surface area contributed by atoms with Crippen molar-refractivity contribution in [1.29, 1.82) is 0 Å². The Kier molecular flexibility index (Phi) is 24.2. The Balaban J connectivity index is 1.22. The van der Waals surface area contributed by atoms with Gasteiger partial charge in [0.25, 0.3) is 0 Å². The minimum Gasteiger partial charge on any atom is -0.495 e. The van der Waals surface area contributed by atoms with E-state index in [0.29, 0.717) is 42.5 Å². The van der Waals surface area contributed by atoms with E-state index in [1.807, 2.05) is 13.0 Å². The van der Waals surface area contributed by atoms with Crippen molar-refractivity contribution >= 4 is 97.2 Å². The summed E-state index contributed by atoms with van der Waals surface area (Å²) in [5.74, 6) is -3.31. The topological polar surface area (TPSA) is 333 Å². The van der Waals surface area contributed by atoms with E-state index in [4.69, 9.17) is 45.8 Å². The van der Waals surface area contributed by atoms with E-state index in [1.165, 1.54) is 25.3 Å². The number of amides is 7. The zero-order valence-electron chi connectivity index (χ0n) is 50.9. The van der Waals surface area contributed by atoms with E-state index in [1.54, 1.807) is 97.1 Å². The summed E-state index contributed by atoms with van der Waals surface area (Å²) in [6.45, 7) is 16.2. The minimum atomic E-state index is -1.90. The lowest BCUT2D eigenvalue weighted by Gasteiger charge is -2.42. The first-order valence-electron chi connectivity index (χ1n) is 28.8. The molecule has 2 fully saturated rings. The average molecular weight is 1300 g/mol. The highest BCUT2D eigenvalue weighted by Crippen LogP contribution is 2.49. The molecule has 4 heterocycles. The summed E-state index contributed by atoms with van der Waals surface area (Å²) in [4.78, 5) is 99.2. The summed E-state index contributed by atoms with van der Waals surface area (Å²) in [5, 5.41) is 41.2. The predicted molar refractivity (Wildman–Crippen MR) is 331 cm³/mol. The van der Waals surface area contributed by atoms with Crippen molar-refractivity contribution in [3.05, 3.63) is 89.1 Å². The maximum absolute atomic E-state index is 14.6. The molecule has 10 atom stereocenters. The van der Waals surface area contributed by atoms with Gasteiger partial charge in [-0.05, 0) is 114 Å². The van der Waals surface area contributed by atoms with Gasteiger partial charge in [0.2, 0.25) is 30.0 Å². The van der Waals surface area contributed by atoms with E-state index in [-0.39, 0.29) is 77.4 Å². The Hall–Kier alpha value is -6.87. The molecule has 0 radical (unpaired) electrons. The van der Waals surface area contributed by atoms with Crippen molar-refractivity contribution < 1.29 is 72.2 Å². The third-order valence-electron chi connectivity index (χ3n) is 15.7. The van der Waals surface area contributed by atoms with E-state index in [2.05, 4.69) is 59.4 Å². The van der Waals surface area contributed by atoms with Gasteiger partial charge in [-0.1, -0.05) is 78.7 Å². The number of alkyl carbamates (subject to hydrolysis) is 1.